The largest absolute Gasteiger partial charge is 0.365 e. The normalized spacial score (nSPS) is 19.0. The average molecular weight is 429 g/mol. The summed E-state index contributed by atoms with van der Waals surface area (Å²) < 4.78 is 27.7. The third-order valence-electron chi connectivity index (χ3n) is 6.18. The van der Waals surface area contributed by atoms with Crippen LogP contribution in [0.2, 0.25) is 0 Å². The van der Waals surface area contributed by atoms with Gasteiger partial charge in [-0.1, -0.05) is 31.4 Å². The predicted molar refractivity (Wildman–Crippen MR) is 116 cm³/mol. The van der Waals surface area contributed by atoms with Crippen LogP contribution in [-0.2, 0) is 10.0 Å². The van der Waals surface area contributed by atoms with E-state index in [0.29, 0.717) is 48.4 Å². The SMILES string of the molecule is NC(=O)c1cccnc1N1CCN(S(=O)(=O)c2ccc(C3CCCCC3)cc2)CC1. The first-order valence-electron chi connectivity index (χ1n) is 10.6. The summed E-state index contributed by atoms with van der Waals surface area (Å²) in [5.74, 6) is 0.530. The van der Waals surface area contributed by atoms with Crippen molar-refractivity contribution >= 4 is 21.7 Å². The van der Waals surface area contributed by atoms with E-state index in [-0.39, 0.29) is 0 Å². The molecule has 1 aromatic heterocycles. The lowest BCUT2D eigenvalue weighted by Crippen LogP contribution is -2.49. The number of aromatic nitrogens is 1. The zero-order valence-electron chi connectivity index (χ0n) is 17.0. The van der Waals surface area contributed by atoms with Crippen molar-refractivity contribution in [1.29, 1.82) is 0 Å². The van der Waals surface area contributed by atoms with Gasteiger partial charge < -0.3 is 10.6 Å². The fourth-order valence-electron chi connectivity index (χ4n) is 4.48. The number of hydrogen-bond donors (Lipinski definition) is 1. The molecule has 8 heteroatoms. The number of pyridine rings is 1. The fraction of sp³-hybridized carbons (Fsp3) is 0.455. The molecule has 1 amide bonds. The van der Waals surface area contributed by atoms with Crippen molar-refractivity contribution in [2.24, 2.45) is 5.73 Å². The Balaban J connectivity index is 1.44. The first-order chi connectivity index (χ1) is 14.5. The number of nitrogens with two attached hydrogens (primary N) is 1. The number of sulfonamides is 1. The van der Waals surface area contributed by atoms with E-state index in [0.717, 1.165) is 0 Å². The highest BCUT2D eigenvalue weighted by atomic mass is 32.2. The molecule has 7 nitrogen and oxygen atoms in total. The lowest BCUT2D eigenvalue weighted by atomic mass is 9.84. The Hall–Kier alpha value is -2.45. The van der Waals surface area contributed by atoms with Gasteiger partial charge >= 0.3 is 0 Å². The summed E-state index contributed by atoms with van der Waals surface area (Å²) in [4.78, 5) is 18.2. The van der Waals surface area contributed by atoms with Crippen molar-refractivity contribution in [3.8, 4) is 0 Å². The van der Waals surface area contributed by atoms with E-state index in [4.69, 9.17) is 5.73 Å². The second-order valence-electron chi connectivity index (χ2n) is 8.03. The monoisotopic (exact) mass is 428 g/mol. The van der Waals surface area contributed by atoms with Crippen molar-refractivity contribution in [3.63, 3.8) is 0 Å². The van der Waals surface area contributed by atoms with Crippen LogP contribution in [0.15, 0.2) is 47.5 Å². The lowest BCUT2D eigenvalue weighted by molar-refractivity contribution is 0.1000. The number of amides is 1. The number of anilines is 1. The van der Waals surface area contributed by atoms with Gasteiger partial charge in [-0.2, -0.15) is 4.31 Å². The maximum absolute atomic E-state index is 13.1. The van der Waals surface area contributed by atoms with E-state index < -0.39 is 15.9 Å². The van der Waals surface area contributed by atoms with Crippen LogP contribution in [0.5, 0.6) is 0 Å². The van der Waals surface area contributed by atoms with Crippen molar-refractivity contribution < 1.29 is 13.2 Å². The molecule has 30 heavy (non-hydrogen) atoms. The standard InChI is InChI=1S/C22H28N4O3S/c23-21(27)20-7-4-12-24-22(20)25-13-15-26(16-14-25)30(28,29)19-10-8-18(9-11-19)17-5-2-1-3-6-17/h4,7-12,17H,1-3,5-6,13-16H2,(H2,23,27). The maximum Gasteiger partial charge on any atom is 0.252 e. The molecule has 1 aliphatic carbocycles. The van der Waals surface area contributed by atoms with Gasteiger partial charge in [0.05, 0.1) is 10.5 Å². The van der Waals surface area contributed by atoms with Crippen LogP contribution in [0, 0.1) is 0 Å². The summed E-state index contributed by atoms with van der Waals surface area (Å²) >= 11 is 0. The second kappa shape index (κ2) is 8.73. The average Bonchev–Trinajstić information content (AvgIpc) is 2.80. The molecule has 160 valence electrons. The van der Waals surface area contributed by atoms with Gasteiger partial charge in [0, 0.05) is 32.4 Å². The molecule has 0 unspecified atom stereocenters. The molecule has 0 bridgehead atoms. The summed E-state index contributed by atoms with van der Waals surface area (Å²) in [5, 5.41) is 0. The first-order valence-corrected chi connectivity index (χ1v) is 12.0. The van der Waals surface area contributed by atoms with Crippen LogP contribution in [0.1, 0.15) is 53.9 Å². The molecular formula is C22H28N4O3S. The number of hydrogen-bond acceptors (Lipinski definition) is 5. The summed E-state index contributed by atoms with van der Waals surface area (Å²) in [6, 6.07) is 10.8. The molecule has 2 heterocycles. The highest BCUT2D eigenvalue weighted by Gasteiger charge is 2.30. The first kappa shape index (κ1) is 20.8. The molecule has 1 saturated heterocycles. The van der Waals surface area contributed by atoms with Crippen molar-refractivity contribution in [2.75, 3.05) is 31.1 Å². The molecule has 4 rings (SSSR count). The van der Waals surface area contributed by atoms with Crippen LogP contribution < -0.4 is 10.6 Å². The molecule has 2 aromatic rings. The van der Waals surface area contributed by atoms with Gasteiger partial charge in [-0.15, -0.1) is 0 Å². The molecular weight excluding hydrogens is 400 g/mol. The van der Waals surface area contributed by atoms with E-state index in [9.17, 15) is 13.2 Å². The molecule has 0 radical (unpaired) electrons. The van der Waals surface area contributed by atoms with Crippen LogP contribution in [0.3, 0.4) is 0 Å². The number of primary amides is 1. The van der Waals surface area contributed by atoms with Crippen molar-refractivity contribution in [2.45, 2.75) is 42.9 Å². The molecule has 2 N–H and O–H groups in total. The summed E-state index contributed by atoms with van der Waals surface area (Å²) in [7, 11) is -3.55. The highest BCUT2D eigenvalue weighted by molar-refractivity contribution is 7.89. The third kappa shape index (κ3) is 4.20. The lowest BCUT2D eigenvalue weighted by Gasteiger charge is -2.35. The van der Waals surface area contributed by atoms with Gasteiger partial charge in [-0.05, 0) is 48.6 Å². The highest BCUT2D eigenvalue weighted by Crippen LogP contribution is 2.33. The molecule has 2 fully saturated rings. The summed E-state index contributed by atoms with van der Waals surface area (Å²) in [6.45, 7) is 1.58. The zero-order chi connectivity index (χ0) is 21.1. The number of benzene rings is 1. The van der Waals surface area contributed by atoms with Gasteiger partial charge in [0.25, 0.3) is 5.91 Å². The van der Waals surface area contributed by atoms with Crippen LogP contribution >= 0.6 is 0 Å². The summed E-state index contributed by atoms with van der Waals surface area (Å²) in [5.41, 5.74) is 7.04. The molecule has 2 aliphatic rings. The number of carbonyl (C=O) groups excluding carboxylic acids is 1. The van der Waals surface area contributed by atoms with E-state index in [1.165, 1.54) is 42.0 Å². The van der Waals surface area contributed by atoms with E-state index >= 15 is 0 Å². The Morgan fingerprint density at radius 2 is 1.63 bits per heavy atom. The Labute approximate surface area is 177 Å². The van der Waals surface area contributed by atoms with Crippen LogP contribution in [-0.4, -0.2) is 49.8 Å². The van der Waals surface area contributed by atoms with Gasteiger partial charge in [-0.3, -0.25) is 4.79 Å². The van der Waals surface area contributed by atoms with Gasteiger partial charge in [0.15, 0.2) is 0 Å². The van der Waals surface area contributed by atoms with Crippen LogP contribution in [0.25, 0.3) is 0 Å². The Morgan fingerprint density at radius 1 is 0.967 bits per heavy atom. The maximum atomic E-state index is 13.1. The number of rotatable bonds is 5. The zero-order valence-corrected chi connectivity index (χ0v) is 17.9. The molecule has 1 aromatic carbocycles. The number of piperazine rings is 1. The number of carbonyl (C=O) groups is 1. The van der Waals surface area contributed by atoms with Gasteiger partial charge in [0.2, 0.25) is 10.0 Å². The molecule has 0 atom stereocenters. The number of nitrogens with zero attached hydrogens (tertiary/aromatic N) is 3. The van der Waals surface area contributed by atoms with Gasteiger partial charge in [-0.25, -0.2) is 13.4 Å². The van der Waals surface area contributed by atoms with Gasteiger partial charge in [0.1, 0.15) is 5.82 Å². The van der Waals surface area contributed by atoms with Crippen molar-refractivity contribution in [1.82, 2.24) is 9.29 Å². The molecule has 0 spiro atoms. The second-order valence-corrected chi connectivity index (χ2v) is 9.97. The topological polar surface area (TPSA) is 96.6 Å². The molecule has 1 aliphatic heterocycles. The minimum atomic E-state index is -3.55. The Kier molecular flexibility index (Phi) is 6.06. The van der Waals surface area contributed by atoms with E-state index in [1.54, 1.807) is 30.5 Å². The summed E-state index contributed by atoms with van der Waals surface area (Å²) in [6.07, 6.45) is 7.79. The van der Waals surface area contributed by atoms with Crippen LogP contribution in [0.4, 0.5) is 5.82 Å². The Bertz CT molecular complexity index is 993. The minimum Gasteiger partial charge on any atom is -0.365 e. The van der Waals surface area contributed by atoms with E-state index in [2.05, 4.69) is 4.98 Å². The minimum absolute atomic E-state index is 0.335. The molecule has 1 saturated carbocycles. The third-order valence-corrected chi connectivity index (χ3v) is 8.10. The Morgan fingerprint density at radius 3 is 2.27 bits per heavy atom. The van der Waals surface area contributed by atoms with Crippen molar-refractivity contribution in [3.05, 3.63) is 53.7 Å². The predicted octanol–water partition coefficient (Wildman–Crippen LogP) is 2.74. The van der Waals surface area contributed by atoms with E-state index in [1.807, 2.05) is 17.0 Å². The quantitative estimate of drug-likeness (QED) is 0.790. The smallest absolute Gasteiger partial charge is 0.252 e. The fourth-order valence-corrected chi connectivity index (χ4v) is 5.90.